The fourth-order valence-corrected chi connectivity index (χ4v) is 2.43. The lowest BCUT2D eigenvalue weighted by atomic mass is 10.1. The standard InChI is InChI=1S/C22H38N4O2/c1-6-18(5)26-21(27)20-11-8-10-19(14-20)15-25-22(23-7-2)24-12-9-13-28-16-17(3)4/h8,10-11,14,17-18H,6-7,9,12-13,15-16H2,1-5H3,(H,26,27)(H2,23,24,25). The molecule has 0 heterocycles. The van der Waals surface area contributed by atoms with E-state index < -0.39 is 0 Å². The Labute approximate surface area is 170 Å². The monoisotopic (exact) mass is 390 g/mol. The van der Waals surface area contributed by atoms with Crippen LogP contribution in [0.1, 0.15) is 63.4 Å². The van der Waals surface area contributed by atoms with E-state index in [0.29, 0.717) is 18.0 Å². The van der Waals surface area contributed by atoms with Crippen molar-refractivity contribution >= 4 is 11.9 Å². The van der Waals surface area contributed by atoms with Gasteiger partial charge in [0.1, 0.15) is 0 Å². The van der Waals surface area contributed by atoms with E-state index in [4.69, 9.17) is 4.74 Å². The van der Waals surface area contributed by atoms with Crippen molar-refractivity contribution in [3.05, 3.63) is 35.4 Å². The van der Waals surface area contributed by atoms with Crippen LogP contribution in [0.2, 0.25) is 0 Å². The highest BCUT2D eigenvalue weighted by Crippen LogP contribution is 2.07. The highest BCUT2D eigenvalue weighted by Gasteiger charge is 2.09. The third-order valence-electron chi connectivity index (χ3n) is 4.15. The number of nitrogens with one attached hydrogen (secondary N) is 3. The van der Waals surface area contributed by atoms with Crippen LogP contribution >= 0.6 is 0 Å². The minimum atomic E-state index is -0.0355. The molecule has 1 atom stereocenters. The molecule has 0 aliphatic heterocycles. The summed E-state index contributed by atoms with van der Waals surface area (Å²) in [7, 11) is 0. The molecule has 0 aliphatic carbocycles. The number of hydrogen-bond donors (Lipinski definition) is 3. The summed E-state index contributed by atoms with van der Waals surface area (Å²) >= 11 is 0. The first-order chi connectivity index (χ1) is 13.5. The zero-order chi connectivity index (χ0) is 20.8. The molecule has 6 heteroatoms. The summed E-state index contributed by atoms with van der Waals surface area (Å²) in [5, 5.41) is 9.58. The van der Waals surface area contributed by atoms with Gasteiger partial charge in [-0.05, 0) is 50.3 Å². The zero-order valence-corrected chi connectivity index (χ0v) is 18.2. The van der Waals surface area contributed by atoms with Crippen LogP contribution in [0, 0.1) is 5.92 Å². The van der Waals surface area contributed by atoms with Gasteiger partial charge in [0, 0.05) is 37.9 Å². The average molecular weight is 391 g/mol. The Bertz CT molecular complexity index is 602. The maximum atomic E-state index is 12.3. The Kier molecular flexibility index (Phi) is 12.0. The topological polar surface area (TPSA) is 74.8 Å². The predicted octanol–water partition coefficient (Wildman–Crippen LogP) is 3.33. The molecule has 6 nitrogen and oxygen atoms in total. The average Bonchev–Trinajstić information content (AvgIpc) is 2.68. The van der Waals surface area contributed by atoms with Crippen LogP contribution in [-0.4, -0.2) is 44.2 Å². The van der Waals surface area contributed by atoms with Crippen LogP contribution in [0.5, 0.6) is 0 Å². The van der Waals surface area contributed by atoms with Gasteiger partial charge in [-0.1, -0.05) is 32.9 Å². The first kappa shape index (κ1) is 24.0. The normalized spacial score (nSPS) is 12.7. The number of nitrogens with zero attached hydrogens (tertiary/aromatic N) is 1. The van der Waals surface area contributed by atoms with Gasteiger partial charge in [-0.2, -0.15) is 0 Å². The van der Waals surface area contributed by atoms with Gasteiger partial charge >= 0.3 is 0 Å². The number of guanidine groups is 1. The lowest BCUT2D eigenvalue weighted by molar-refractivity contribution is 0.0939. The zero-order valence-electron chi connectivity index (χ0n) is 18.2. The lowest BCUT2D eigenvalue weighted by Gasteiger charge is -2.13. The maximum absolute atomic E-state index is 12.3. The molecular formula is C22H38N4O2. The van der Waals surface area contributed by atoms with Gasteiger partial charge in [-0.3, -0.25) is 4.79 Å². The summed E-state index contributed by atoms with van der Waals surface area (Å²) in [6.45, 7) is 14.1. The quantitative estimate of drug-likeness (QED) is 0.291. The van der Waals surface area contributed by atoms with E-state index in [1.165, 1.54) is 0 Å². The molecule has 1 aromatic rings. The van der Waals surface area contributed by atoms with E-state index in [-0.39, 0.29) is 11.9 Å². The van der Waals surface area contributed by atoms with Gasteiger partial charge in [0.15, 0.2) is 5.96 Å². The second kappa shape index (κ2) is 14.0. The Morgan fingerprint density at radius 3 is 2.64 bits per heavy atom. The number of rotatable bonds is 12. The highest BCUT2D eigenvalue weighted by atomic mass is 16.5. The van der Waals surface area contributed by atoms with Crippen molar-refractivity contribution in [3.8, 4) is 0 Å². The van der Waals surface area contributed by atoms with E-state index >= 15 is 0 Å². The summed E-state index contributed by atoms with van der Waals surface area (Å²) in [5.41, 5.74) is 1.68. The van der Waals surface area contributed by atoms with E-state index in [9.17, 15) is 4.79 Å². The van der Waals surface area contributed by atoms with Gasteiger partial charge in [0.25, 0.3) is 5.91 Å². The summed E-state index contributed by atoms with van der Waals surface area (Å²) < 4.78 is 5.60. The molecule has 158 valence electrons. The number of carbonyl (C=O) groups is 1. The molecule has 1 aromatic carbocycles. The minimum absolute atomic E-state index is 0.0355. The summed E-state index contributed by atoms with van der Waals surface area (Å²) in [6, 6.07) is 7.81. The molecule has 0 aliphatic rings. The highest BCUT2D eigenvalue weighted by molar-refractivity contribution is 5.94. The van der Waals surface area contributed by atoms with Crippen LogP contribution < -0.4 is 16.0 Å². The SMILES string of the molecule is CCNC(=NCc1cccc(C(=O)NC(C)CC)c1)NCCCOCC(C)C. The molecule has 3 N–H and O–H groups in total. The van der Waals surface area contributed by atoms with Crippen molar-refractivity contribution in [3.63, 3.8) is 0 Å². The second-order valence-electron chi connectivity index (χ2n) is 7.43. The van der Waals surface area contributed by atoms with Crippen molar-refractivity contribution in [2.24, 2.45) is 10.9 Å². The lowest BCUT2D eigenvalue weighted by Crippen LogP contribution is -2.38. The van der Waals surface area contributed by atoms with Crippen molar-refractivity contribution in [1.29, 1.82) is 0 Å². The third kappa shape index (κ3) is 10.3. The smallest absolute Gasteiger partial charge is 0.251 e. The summed E-state index contributed by atoms with van der Waals surface area (Å²) in [5.74, 6) is 1.31. The molecule has 0 spiro atoms. The Morgan fingerprint density at radius 1 is 1.18 bits per heavy atom. The molecular weight excluding hydrogens is 352 g/mol. The molecule has 0 radical (unpaired) electrons. The molecule has 1 unspecified atom stereocenters. The van der Waals surface area contributed by atoms with Crippen molar-refractivity contribution < 1.29 is 9.53 Å². The number of ether oxygens (including phenoxy) is 1. The van der Waals surface area contributed by atoms with Crippen molar-refractivity contribution in [2.75, 3.05) is 26.3 Å². The Morgan fingerprint density at radius 2 is 1.96 bits per heavy atom. The molecule has 0 saturated carbocycles. The van der Waals surface area contributed by atoms with Crippen LogP contribution in [-0.2, 0) is 11.3 Å². The van der Waals surface area contributed by atoms with Crippen LogP contribution in [0.25, 0.3) is 0 Å². The Hall–Kier alpha value is -2.08. The molecule has 0 saturated heterocycles. The third-order valence-corrected chi connectivity index (χ3v) is 4.15. The molecule has 0 aromatic heterocycles. The van der Waals surface area contributed by atoms with E-state index in [2.05, 4.69) is 41.7 Å². The molecule has 0 fully saturated rings. The number of carbonyl (C=O) groups excluding carboxylic acids is 1. The molecule has 1 amide bonds. The van der Waals surface area contributed by atoms with Crippen molar-refractivity contribution in [1.82, 2.24) is 16.0 Å². The minimum Gasteiger partial charge on any atom is -0.381 e. The summed E-state index contributed by atoms with van der Waals surface area (Å²) in [6.07, 6.45) is 1.85. The van der Waals surface area contributed by atoms with Crippen LogP contribution in [0.3, 0.4) is 0 Å². The number of aliphatic imine (C=N–C) groups is 1. The van der Waals surface area contributed by atoms with E-state index in [0.717, 1.165) is 50.7 Å². The molecule has 28 heavy (non-hydrogen) atoms. The van der Waals surface area contributed by atoms with Gasteiger partial charge in [0.05, 0.1) is 6.54 Å². The van der Waals surface area contributed by atoms with Gasteiger partial charge in [-0.25, -0.2) is 4.99 Å². The van der Waals surface area contributed by atoms with Gasteiger partial charge < -0.3 is 20.7 Å². The maximum Gasteiger partial charge on any atom is 0.251 e. The van der Waals surface area contributed by atoms with E-state index in [1.54, 1.807) is 0 Å². The first-order valence-corrected chi connectivity index (χ1v) is 10.5. The largest absolute Gasteiger partial charge is 0.381 e. The van der Waals surface area contributed by atoms with Crippen LogP contribution in [0.15, 0.2) is 29.3 Å². The van der Waals surface area contributed by atoms with Crippen molar-refractivity contribution in [2.45, 2.75) is 60.0 Å². The Balaban J connectivity index is 2.54. The molecule has 0 bridgehead atoms. The fraction of sp³-hybridized carbons (Fsp3) is 0.636. The van der Waals surface area contributed by atoms with Gasteiger partial charge in [0.2, 0.25) is 0 Å². The van der Waals surface area contributed by atoms with Gasteiger partial charge in [-0.15, -0.1) is 0 Å². The molecule has 1 rings (SSSR count). The predicted molar refractivity (Wildman–Crippen MR) is 117 cm³/mol. The van der Waals surface area contributed by atoms with E-state index in [1.807, 2.05) is 38.1 Å². The second-order valence-corrected chi connectivity index (χ2v) is 7.43. The van der Waals surface area contributed by atoms with Crippen LogP contribution in [0.4, 0.5) is 0 Å². The number of hydrogen-bond acceptors (Lipinski definition) is 3. The summed E-state index contributed by atoms with van der Waals surface area (Å²) in [4.78, 5) is 16.9. The number of amides is 1. The number of benzene rings is 1. The fourth-order valence-electron chi connectivity index (χ4n) is 2.43. The first-order valence-electron chi connectivity index (χ1n) is 10.5.